The van der Waals surface area contributed by atoms with E-state index in [0.29, 0.717) is 5.56 Å². The average Bonchev–Trinajstić information content (AvgIpc) is 2.03. The second-order valence-corrected chi connectivity index (χ2v) is 2.60. The summed E-state index contributed by atoms with van der Waals surface area (Å²) >= 11 is 0. The maximum Gasteiger partial charge on any atom is 0.336 e. The van der Waals surface area contributed by atoms with Gasteiger partial charge >= 0.3 is 5.97 Å². The van der Waals surface area contributed by atoms with Gasteiger partial charge in [-0.3, -0.25) is 0 Å². The number of benzene rings is 1. The van der Waals surface area contributed by atoms with Gasteiger partial charge in [-0.05, 0) is 24.6 Å². The van der Waals surface area contributed by atoms with E-state index in [1.54, 1.807) is 13.0 Å². The van der Waals surface area contributed by atoms with E-state index in [2.05, 4.69) is 0 Å². The second kappa shape index (κ2) is 3.15. The number of phenols is 1. The maximum absolute atomic E-state index is 10.6. The van der Waals surface area contributed by atoms with Crippen LogP contribution >= 0.6 is 0 Å². The molecule has 0 amide bonds. The Morgan fingerprint density at radius 3 is 2.62 bits per heavy atom. The zero-order chi connectivity index (χ0) is 10.0. The zero-order valence-electron chi connectivity index (χ0n) is 6.90. The number of nitriles is 1. The first kappa shape index (κ1) is 9.07. The van der Waals surface area contributed by atoms with Gasteiger partial charge in [0.25, 0.3) is 0 Å². The topological polar surface area (TPSA) is 81.3 Å². The molecule has 0 fully saturated rings. The van der Waals surface area contributed by atoms with E-state index in [-0.39, 0.29) is 16.9 Å². The summed E-state index contributed by atoms with van der Waals surface area (Å²) in [6, 6.07) is 4.13. The van der Waals surface area contributed by atoms with Gasteiger partial charge in [0.15, 0.2) is 0 Å². The predicted molar refractivity (Wildman–Crippen MR) is 44.5 cm³/mol. The molecule has 0 bridgehead atoms. The molecule has 4 nitrogen and oxygen atoms in total. The van der Waals surface area contributed by atoms with Crippen molar-refractivity contribution in [1.29, 1.82) is 5.26 Å². The number of rotatable bonds is 1. The summed E-state index contributed by atoms with van der Waals surface area (Å²) in [4.78, 5) is 10.6. The lowest BCUT2D eigenvalue weighted by Crippen LogP contribution is -2.00. The lowest BCUT2D eigenvalue weighted by molar-refractivity contribution is 0.0696. The smallest absolute Gasteiger partial charge is 0.336 e. The van der Waals surface area contributed by atoms with Crippen LogP contribution in [-0.2, 0) is 0 Å². The molecular weight excluding hydrogens is 170 g/mol. The Balaban J connectivity index is 3.41. The van der Waals surface area contributed by atoms with Gasteiger partial charge in [-0.2, -0.15) is 5.26 Å². The molecule has 4 heteroatoms. The molecule has 0 saturated heterocycles. The molecule has 1 aromatic carbocycles. The highest BCUT2D eigenvalue weighted by molar-refractivity contribution is 5.90. The summed E-state index contributed by atoms with van der Waals surface area (Å²) in [6.07, 6.45) is 0. The largest absolute Gasteiger partial charge is 0.507 e. The second-order valence-electron chi connectivity index (χ2n) is 2.60. The molecule has 0 heterocycles. The first-order valence-electron chi connectivity index (χ1n) is 3.53. The van der Waals surface area contributed by atoms with Gasteiger partial charge in [0.05, 0.1) is 11.1 Å². The number of carboxylic acids is 1. The van der Waals surface area contributed by atoms with Crippen LogP contribution < -0.4 is 0 Å². The monoisotopic (exact) mass is 177 g/mol. The Morgan fingerprint density at radius 1 is 1.54 bits per heavy atom. The molecule has 2 N–H and O–H groups in total. The van der Waals surface area contributed by atoms with E-state index in [4.69, 9.17) is 10.4 Å². The summed E-state index contributed by atoms with van der Waals surface area (Å²) in [5.74, 6) is -1.29. The molecule has 0 aromatic heterocycles. The Bertz CT molecular complexity index is 404. The minimum atomic E-state index is -1.10. The Labute approximate surface area is 74.7 Å². The molecule has 0 aliphatic heterocycles. The zero-order valence-corrected chi connectivity index (χ0v) is 6.90. The number of aromatic hydroxyl groups is 1. The van der Waals surface area contributed by atoms with Gasteiger partial charge in [-0.15, -0.1) is 0 Å². The minimum Gasteiger partial charge on any atom is -0.507 e. The first-order valence-corrected chi connectivity index (χ1v) is 3.53. The number of nitrogens with zero attached hydrogens (tertiary/aromatic N) is 1. The summed E-state index contributed by atoms with van der Waals surface area (Å²) < 4.78 is 0. The number of aryl methyl sites for hydroxylation is 1. The van der Waals surface area contributed by atoms with Gasteiger partial charge in [0, 0.05) is 0 Å². The van der Waals surface area contributed by atoms with Gasteiger partial charge in [0.2, 0.25) is 0 Å². The van der Waals surface area contributed by atoms with Crippen LogP contribution in [0.25, 0.3) is 0 Å². The molecule has 0 atom stereocenters. The first-order chi connectivity index (χ1) is 6.06. The van der Waals surface area contributed by atoms with Crippen LogP contribution in [-0.4, -0.2) is 16.2 Å². The molecule has 0 unspecified atom stereocenters. The fraction of sp³-hybridized carbons (Fsp3) is 0.111. The van der Waals surface area contributed by atoms with Crippen molar-refractivity contribution in [3.05, 3.63) is 28.8 Å². The fourth-order valence-electron chi connectivity index (χ4n) is 1.01. The van der Waals surface area contributed by atoms with Gasteiger partial charge < -0.3 is 10.2 Å². The highest BCUT2D eigenvalue weighted by Gasteiger charge is 2.11. The molecule has 0 radical (unpaired) electrons. The summed E-state index contributed by atoms with van der Waals surface area (Å²) in [5.41, 5.74) is 0.446. The number of carboxylic acid groups (broad SMARTS) is 1. The van der Waals surface area contributed by atoms with Crippen LogP contribution in [0, 0.1) is 18.3 Å². The standard InChI is InChI=1S/C9H7NO3/c1-5-2-8(11)6(4-10)3-7(5)9(12)13/h2-3,11H,1H3,(H,12,13). The van der Waals surface area contributed by atoms with Gasteiger partial charge in [-0.1, -0.05) is 0 Å². The van der Waals surface area contributed by atoms with E-state index in [1.807, 2.05) is 0 Å². The SMILES string of the molecule is Cc1cc(O)c(C#N)cc1C(=O)O. The van der Waals surface area contributed by atoms with Crippen molar-refractivity contribution in [2.24, 2.45) is 0 Å². The maximum atomic E-state index is 10.6. The number of hydrogen-bond acceptors (Lipinski definition) is 3. The molecule has 66 valence electrons. The van der Waals surface area contributed by atoms with E-state index in [0.717, 1.165) is 6.07 Å². The lowest BCUT2D eigenvalue weighted by Gasteiger charge is -2.02. The fourth-order valence-corrected chi connectivity index (χ4v) is 1.01. The van der Waals surface area contributed by atoms with Crippen molar-refractivity contribution in [3.8, 4) is 11.8 Å². The molecule has 0 aliphatic rings. The highest BCUT2D eigenvalue weighted by Crippen LogP contribution is 2.21. The Kier molecular flexibility index (Phi) is 2.20. The number of hydrogen-bond donors (Lipinski definition) is 2. The van der Waals surface area contributed by atoms with Crippen LogP contribution in [0.15, 0.2) is 12.1 Å². The lowest BCUT2D eigenvalue weighted by atomic mass is 10.0. The summed E-state index contributed by atoms with van der Waals surface area (Å²) in [5, 5.41) is 26.4. The number of phenolic OH excluding ortho intramolecular Hbond substituents is 1. The molecule has 0 aliphatic carbocycles. The van der Waals surface area contributed by atoms with Crippen molar-refractivity contribution in [1.82, 2.24) is 0 Å². The van der Waals surface area contributed by atoms with Crippen LogP contribution in [0.4, 0.5) is 0 Å². The summed E-state index contributed by atoms with van der Waals surface area (Å²) in [6.45, 7) is 1.56. The summed E-state index contributed by atoms with van der Waals surface area (Å²) in [7, 11) is 0. The van der Waals surface area contributed by atoms with E-state index >= 15 is 0 Å². The highest BCUT2D eigenvalue weighted by atomic mass is 16.4. The minimum absolute atomic E-state index is 0.0250. The number of aromatic carboxylic acids is 1. The molecule has 1 rings (SSSR count). The number of carbonyl (C=O) groups is 1. The van der Waals surface area contributed by atoms with Crippen LogP contribution in [0.2, 0.25) is 0 Å². The third-order valence-electron chi connectivity index (χ3n) is 1.69. The van der Waals surface area contributed by atoms with Crippen molar-refractivity contribution in [2.45, 2.75) is 6.92 Å². The van der Waals surface area contributed by atoms with E-state index in [1.165, 1.54) is 6.07 Å². The van der Waals surface area contributed by atoms with Crippen molar-refractivity contribution >= 4 is 5.97 Å². The van der Waals surface area contributed by atoms with Crippen LogP contribution in [0.5, 0.6) is 5.75 Å². The normalized spacial score (nSPS) is 9.23. The third-order valence-corrected chi connectivity index (χ3v) is 1.69. The van der Waals surface area contributed by atoms with Gasteiger partial charge in [0.1, 0.15) is 11.8 Å². The van der Waals surface area contributed by atoms with Crippen molar-refractivity contribution < 1.29 is 15.0 Å². The molecule has 13 heavy (non-hydrogen) atoms. The average molecular weight is 177 g/mol. The van der Waals surface area contributed by atoms with Crippen molar-refractivity contribution in [2.75, 3.05) is 0 Å². The Morgan fingerprint density at radius 2 is 2.15 bits per heavy atom. The Hall–Kier alpha value is -2.02. The third kappa shape index (κ3) is 1.59. The molecular formula is C9H7NO3. The molecule has 0 spiro atoms. The van der Waals surface area contributed by atoms with Crippen LogP contribution in [0.3, 0.4) is 0 Å². The van der Waals surface area contributed by atoms with Crippen LogP contribution in [0.1, 0.15) is 21.5 Å². The predicted octanol–water partition coefficient (Wildman–Crippen LogP) is 1.27. The molecule has 1 aromatic rings. The van der Waals surface area contributed by atoms with E-state index < -0.39 is 5.97 Å². The van der Waals surface area contributed by atoms with Crippen molar-refractivity contribution in [3.63, 3.8) is 0 Å². The van der Waals surface area contributed by atoms with E-state index in [9.17, 15) is 9.90 Å². The quantitative estimate of drug-likeness (QED) is 0.676. The molecule has 0 saturated carbocycles. The van der Waals surface area contributed by atoms with Gasteiger partial charge in [-0.25, -0.2) is 4.79 Å².